The molecule has 0 fully saturated rings. The number of ketones is 1. The maximum Gasteiger partial charge on any atom is 0.241 e. The molecule has 3 N–H and O–H groups in total. The van der Waals surface area contributed by atoms with Gasteiger partial charge in [0.25, 0.3) is 0 Å². The Kier molecular flexibility index (Phi) is 6.91. The number of anilines is 1. The summed E-state index contributed by atoms with van der Waals surface area (Å²) >= 11 is 3.39. The standard InChI is InChI=1S/C20H23BrN2O2/c1-3-13(4-2)18(22)20(25)23-17-11-10-15(21)12-16(17)19(24)14-8-6-5-7-9-14/h5-13,18H,3-4,22H2,1-2H3,(H,23,25). The molecule has 0 heterocycles. The van der Waals surface area contributed by atoms with E-state index in [1.54, 1.807) is 30.3 Å². The van der Waals surface area contributed by atoms with Gasteiger partial charge in [0.15, 0.2) is 5.78 Å². The van der Waals surface area contributed by atoms with Gasteiger partial charge in [0.05, 0.1) is 11.7 Å². The summed E-state index contributed by atoms with van der Waals surface area (Å²) in [5.41, 5.74) is 7.57. The molecular formula is C20H23BrN2O2. The first kappa shape index (κ1) is 19.3. The highest BCUT2D eigenvalue weighted by Gasteiger charge is 2.23. The van der Waals surface area contributed by atoms with Gasteiger partial charge in [0, 0.05) is 15.6 Å². The molecule has 0 aliphatic heterocycles. The number of halogens is 1. The lowest BCUT2D eigenvalue weighted by molar-refractivity contribution is -0.118. The normalized spacial score (nSPS) is 12.0. The molecule has 1 amide bonds. The quantitative estimate of drug-likeness (QED) is 0.674. The molecule has 0 bridgehead atoms. The fourth-order valence-electron chi connectivity index (χ4n) is 2.79. The highest BCUT2D eigenvalue weighted by atomic mass is 79.9. The third kappa shape index (κ3) is 4.77. The second-order valence-electron chi connectivity index (χ2n) is 5.98. The van der Waals surface area contributed by atoms with Gasteiger partial charge >= 0.3 is 0 Å². The summed E-state index contributed by atoms with van der Waals surface area (Å²) in [4.78, 5) is 25.3. The van der Waals surface area contributed by atoms with Crippen molar-refractivity contribution in [2.45, 2.75) is 32.7 Å². The third-order valence-corrected chi connectivity index (χ3v) is 4.87. The number of nitrogens with two attached hydrogens (primary N) is 1. The Hall–Kier alpha value is -1.98. The van der Waals surface area contributed by atoms with E-state index >= 15 is 0 Å². The minimum Gasteiger partial charge on any atom is -0.324 e. The first-order valence-corrected chi connectivity index (χ1v) is 9.22. The minimum atomic E-state index is -0.599. The van der Waals surface area contributed by atoms with E-state index in [1.807, 2.05) is 32.0 Å². The molecule has 25 heavy (non-hydrogen) atoms. The second kappa shape index (κ2) is 8.92. The van der Waals surface area contributed by atoms with E-state index in [2.05, 4.69) is 21.2 Å². The van der Waals surface area contributed by atoms with E-state index in [9.17, 15) is 9.59 Å². The molecule has 0 saturated heterocycles. The van der Waals surface area contributed by atoms with Gasteiger partial charge in [-0.1, -0.05) is 73.0 Å². The van der Waals surface area contributed by atoms with E-state index in [0.29, 0.717) is 16.8 Å². The number of carbonyl (C=O) groups excluding carboxylic acids is 2. The predicted octanol–water partition coefficient (Wildman–Crippen LogP) is 4.38. The van der Waals surface area contributed by atoms with Crippen molar-refractivity contribution < 1.29 is 9.59 Å². The molecule has 2 aromatic rings. The van der Waals surface area contributed by atoms with Crippen molar-refractivity contribution in [3.63, 3.8) is 0 Å². The van der Waals surface area contributed by atoms with Gasteiger partial charge in [-0.25, -0.2) is 0 Å². The molecule has 4 nitrogen and oxygen atoms in total. The van der Waals surface area contributed by atoms with E-state index in [0.717, 1.165) is 17.3 Å². The summed E-state index contributed by atoms with van der Waals surface area (Å²) < 4.78 is 0.772. The van der Waals surface area contributed by atoms with E-state index in [1.165, 1.54) is 0 Å². The number of amides is 1. The number of hydrogen-bond donors (Lipinski definition) is 2. The lowest BCUT2D eigenvalue weighted by Crippen LogP contribution is -2.41. The molecule has 0 spiro atoms. The Morgan fingerprint density at radius 2 is 1.72 bits per heavy atom. The fourth-order valence-corrected chi connectivity index (χ4v) is 3.15. The molecule has 0 aliphatic carbocycles. The van der Waals surface area contributed by atoms with Crippen LogP contribution in [0.2, 0.25) is 0 Å². The largest absolute Gasteiger partial charge is 0.324 e. The molecule has 1 unspecified atom stereocenters. The molecule has 2 rings (SSSR count). The summed E-state index contributed by atoms with van der Waals surface area (Å²) in [6, 6.07) is 13.6. The zero-order chi connectivity index (χ0) is 18.4. The summed E-state index contributed by atoms with van der Waals surface area (Å²) in [6.07, 6.45) is 1.67. The van der Waals surface area contributed by atoms with Crippen LogP contribution in [0.25, 0.3) is 0 Å². The predicted molar refractivity (Wildman–Crippen MR) is 105 cm³/mol. The van der Waals surface area contributed by atoms with Crippen molar-refractivity contribution in [2.75, 3.05) is 5.32 Å². The van der Waals surface area contributed by atoms with Crippen LogP contribution < -0.4 is 11.1 Å². The molecule has 2 aromatic carbocycles. The average molecular weight is 403 g/mol. The van der Waals surface area contributed by atoms with Gasteiger partial charge in [0.1, 0.15) is 0 Å². The Labute approximate surface area is 156 Å². The van der Waals surface area contributed by atoms with E-state index < -0.39 is 6.04 Å². The van der Waals surface area contributed by atoms with Crippen LogP contribution in [0.3, 0.4) is 0 Å². The molecule has 132 valence electrons. The van der Waals surface area contributed by atoms with E-state index in [-0.39, 0.29) is 17.6 Å². The number of carbonyl (C=O) groups is 2. The SMILES string of the molecule is CCC(CC)C(N)C(=O)Nc1ccc(Br)cc1C(=O)c1ccccc1. The third-order valence-electron chi connectivity index (χ3n) is 4.38. The maximum absolute atomic E-state index is 12.8. The Bertz CT molecular complexity index is 743. The van der Waals surface area contributed by atoms with Crippen LogP contribution >= 0.6 is 15.9 Å². The molecule has 0 saturated carbocycles. The maximum atomic E-state index is 12.8. The first-order chi connectivity index (χ1) is 12.0. The van der Waals surface area contributed by atoms with Crippen molar-refractivity contribution >= 4 is 33.3 Å². The van der Waals surface area contributed by atoms with Crippen LogP contribution in [-0.4, -0.2) is 17.7 Å². The smallest absolute Gasteiger partial charge is 0.241 e. The van der Waals surface area contributed by atoms with Crippen LogP contribution in [0.1, 0.15) is 42.6 Å². The van der Waals surface area contributed by atoms with Crippen molar-refractivity contribution in [1.29, 1.82) is 0 Å². The summed E-state index contributed by atoms with van der Waals surface area (Å²) in [5, 5.41) is 2.83. The monoisotopic (exact) mass is 402 g/mol. The van der Waals surface area contributed by atoms with Crippen LogP contribution in [0.15, 0.2) is 53.0 Å². The van der Waals surface area contributed by atoms with Crippen molar-refractivity contribution in [3.05, 3.63) is 64.1 Å². The number of hydrogen-bond acceptors (Lipinski definition) is 3. The van der Waals surface area contributed by atoms with Crippen LogP contribution in [0.5, 0.6) is 0 Å². The molecule has 0 aliphatic rings. The molecule has 0 aromatic heterocycles. The topological polar surface area (TPSA) is 72.2 Å². The van der Waals surface area contributed by atoms with Crippen LogP contribution in [-0.2, 0) is 4.79 Å². The fraction of sp³-hybridized carbons (Fsp3) is 0.300. The highest BCUT2D eigenvalue weighted by Crippen LogP contribution is 2.25. The Morgan fingerprint density at radius 1 is 1.08 bits per heavy atom. The van der Waals surface area contributed by atoms with Gasteiger partial charge in [-0.15, -0.1) is 0 Å². The zero-order valence-electron chi connectivity index (χ0n) is 14.5. The van der Waals surface area contributed by atoms with Crippen LogP contribution in [0, 0.1) is 5.92 Å². The molecule has 1 atom stereocenters. The average Bonchev–Trinajstić information content (AvgIpc) is 2.64. The minimum absolute atomic E-state index is 0.115. The molecular weight excluding hydrogens is 380 g/mol. The van der Waals surface area contributed by atoms with Crippen molar-refractivity contribution in [1.82, 2.24) is 0 Å². The van der Waals surface area contributed by atoms with Gasteiger partial charge in [-0.3, -0.25) is 9.59 Å². The van der Waals surface area contributed by atoms with Gasteiger partial charge in [-0.05, 0) is 24.1 Å². The lowest BCUT2D eigenvalue weighted by Gasteiger charge is -2.21. The van der Waals surface area contributed by atoms with Gasteiger partial charge in [-0.2, -0.15) is 0 Å². The summed E-state index contributed by atoms with van der Waals surface area (Å²) in [7, 11) is 0. The second-order valence-corrected chi connectivity index (χ2v) is 6.89. The lowest BCUT2D eigenvalue weighted by atomic mass is 9.94. The van der Waals surface area contributed by atoms with Crippen molar-refractivity contribution in [2.24, 2.45) is 11.7 Å². The summed E-state index contributed by atoms with van der Waals surface area (Å²) in [5.74, 6) is -0.296. The Balaban J connectivity index is 2.30. The highest BCUT2D eigenvalue weighted by molar-refractivity contribution is 9.10. The van der Waals surface area contributed by atoms with Crippen LogP contribution in [0.4, 0.5) is 5.69 Å². The molecule has 5 heteroatoms. The number of benzene rings is 2. The van der Waals surface area contributed by atoms with Gasteiger partial charge in [0.2, 0.25) is 5.91 Å². The number of nitrogens with one attached hydrogen (secondary N) is 1. The van der Waals surface area contributed by atoms with Crippen molar-refractivity contribution in [3.8, 4) is 0 Å². The first-order valence-electron chi connectivity index (χ1n) is 8.43. The van der Waals surface area contributed by atoms with E-state index in [4.69, 9.17) is 5.73 Å². The Morgan fingerprint density at radius 3 is 2.32 bits per heavy atom. The summed E-state index contributed by atoms with van der Waals surface area (Å²) in [6.45, 7) is 4.04. The zero-order valence-corrected chi connectivity index (χ0v) is 16.0. The number of rotatable bonds is 7. The van der Waals surface area contributed by atoms with Gasteiger partial charge < -0.3 is 11.1 Å². The molecule has 0 radical (unpaired) electrons.